The number of nitrogens with zero attached hydrogens (tertiary/aromatic N) is 1. The van der Waals surface area contributed by atoms with Crippen molar-refractivity contribution < 1.29 is 35.9 Å². The number of carbonyl (C=O) groups is 2. The van der Waals surface area contributed by atoms with E-state index in [1.807, 2.05) is 0 Å². The molecule has 0 spiro atoms. The molecule has 0 saturated heterocycles. The molecule has 2 aromatic carbocycles. The fraction of sp³-hybridized carbons (Fsp3) is 0.158. The Hall–Kier alpha value is -2.82. The third-order valence-corrected chi connectivity index (χ3v) is 4.63. The molecule has 0 aliphatic heterocycles. The van der Waals surface area contributed by atoms with Crippen molar-refractivity contribution in [3.63, 3.8) is 0 Å². The molecule has 0 bridgehead atoms. The normalized spacial score (nSPS) is 12.2. The van der Waals surface area contributed by atoms with E-state index in [0.717, 1.165) is 29.0 Å². The van der Waals surface area contributed by atoms with Gasteiger partial charge >= 0.3 is 12.4 Å². The highest BCUT2D eigenvalue weighted by Crippen LogP contribution is 2.32. The summed E-state index contributed by atoms with van der Waals surface area (Å²) in [6.07, 6.45) is -8.81. The van der Waals surface area contributed by atoms with Crippen molar-refractivity contribution in [1.82, 2.24) is 4.57 Å². The summed E-state index contributed by atoms with van der Waals surface area (Å²) < 4.78 is 78.7. The van der Waals surface area contributed by atoms with Gasteiger partial charge in [0.25, 0.3) is 5.78 Å². The van der Waals surface area contributed by atoms with Crippen molar-refractivity contribution in [3.05, 3.63) is 64.3 Å². The second-order valence-electron chi connectivity index (χ2n) is 6.29. The van der Waals surface area contributed by atoms with Gasteiger partial charge in [-0.3, -0.25) is 9.59 Å². The molecular weight excluding hydrogens is 482 g/mol. The number of nitrogens with one attached hydrogen (secondary N) is 1. The Labute approximate surface area is 173 Å². The average molecular weight is 493 g/mol. The van der Waals surface area contributed by atoms with Gasteiger partial charge in [0.2, 0.25) is 5.91 Å². The monoisotopic (exact) mass is 492 g/mol. The molecule has 1 N–H and O–H groups in total. The van der Waals surface area contributed by atoms with Crippen molar-refractivity contribution in [2.24, 2.45) is 0 Å². The molecule has 4 nitrogen and oxygen atoms in total. The lowest BCUT2D eigenvalue weighted by Gasteiger charge is -2.10. The predicted molar refractivity (Wildman–Crippen MR) is 100 cm³/mol. The maximum Gasteiger partial charge on any atom is 0.454 e. The van der Waals surface area contributed by atoms with Crippen LogP contribution in [0.4, 0.5) is 32.0 Å². The molecule has 0 radical (unpaired) electrons. The molecule has 0 aliphatic rings. The maximum atomic E-state index is 12.9. The molecule has 30 heavy (non-hydrogen) atoms. The SMILES string of the molecule is O=C(Cn1cc(C(=O)C(F)(F)F)c2cc(Br)ccc21)Nc1cccc(C(F)(F)F)c1. The molecule has 0 fully saturated rings. The first-order valence-electron chi connectivity index (χ1n) is 8.23. The second kappa shape index (κ2) is 7.78. The average Bonchev–Trinajstić information content (AvgIpc) is 2.97. The molecule has 3 rings (SSSR count). The molecule has 3 aromatic rings. The first-order valence-corrected chi connectivity index (χ1v) is 9.02. The van der Waals surface area contributed by atoms with Gasteiger partial charge in [-0.2, -0.15) is 26.3 Å². The smallest absolute Gasteiger partial charge is 0.337 e. The topological polar surface area (TPSA) is 51.1 Å². The molecule has 158 valence electrons. The number of amides is 1. The Bertz CT molecular complexity index is 1130. The Balaban J connectivity index is 1.91. The molecule has 11 heteroatoms. The Morgan fingerprint density at radius 3 is 2.33 bits per heavy atom. The van der Waals surface area contributed by atoms with E-state index in [9.17, 15) is 35.9 Å². The van der Waals surface area contributed by atoms with Gasteiger partial charge in [-0.15, -0.1) is 0 Å². The third-order valence-electron chi connectivity index (χ3n) is 4.13. The van der Waals surface area contributed by atoms with Gasteiger partial charge in [0.15, 0.2) is 0 Å². The number of benzene rings is 2. The molecular formula is C19H11BrF6N2O2. The fourth-order valence-electron chi connectivity index (χ4n) is 2.86. The number of alkyl halides is 6. The van der Waals surface area contributed by atoms with E-state index in [1.54, 1.807) is 0 Å². The van der Waals surface area contributed by atoms with Crippen LogP contribution in [0.5, 0.6) is 0 Å². The molecule has 1 amide bonds. The van der Waals surface area contributed by atoms with Crippen molar-refractivity contribution in [2.45, 2.75) is 18.9 Å². The standard InChI is InChI=1S/C19H11BrF6N2O2/c20-11-4-5-15-13(7-11)14(17(30)19(24,25)26)8-28(15)9-16(29)27-12-3-1-2-10(6-12)18(21,22)23/h1-8H,9H2,(H,27,29). The Morgan fingerprint density at radius 1 is 1.00 bits per heavy atom. The minimum Gasteiger partial charge on any atom is -0.337 e. The van der Waals surface area contributed by atoms with Gasteiger partial charge in [-0.1, -0.05) is 22.0 Å². The number of ketones is 1. The predicted octanol–water partition coefficient (Wildman–Crippen LogP) is 5.81. The lowest BCUT2D eigenvalue weighted by molar-refractivity contribution is -0.137. The van der Waals surface area contributed by atoms with E-state index < -0.39 is 41.7 Å². The molecule has 0 atom stereocenters. The molecule has 1 heterocycles. The summed E-state index contributed by atoms with van der Waals surface area (Å²) in [5.74, 6) is -2.84. The van der Waals surface area contributed by atoms with E-state index in [0.29, 0.717) is 4.47 Å². The summed E-state index contributed by atoms with van der Waals surface area (Å²) in [4.78, 5) is 24.1. The van der Waals surface area contributed by atoms with E-state index in [4.69, 9.17) is 0 Å². The Morgan fingerprint density at radius 2 is 1.70 bits per heavy atom. The first kappa shape index (κ1) is 21.9. The minimum atomic E-state index is -5.11. The number of rotatable bonds is 4. The zero-order valence-corrected chi connectivity index (χ0v) is 16.3. The molecule has 0 unspecified atom stereocenters. The number of carbonyl (C=O) groups excluding carboxylic acids is 2. The van der Waals surface area contributed by atoms with E-state index in [2.05, 4.69) is 21.2 Å². The van der Waals surface area contributed by atoms with Crippen LogP contribution in [-0.4, -0.2) is 22.4 Å². The second-order valence-corrected chi connectivity index (χ2v) is 7.20. The van der Waals surface area contributed by atoms with Crippen LogP contribution < -0.4 is 5.32 Å². The van der Waals surface area contributed by atoms with Crippen LogP contribution in [0.15, 0.2) is 53.1 Å². The van der Waals surface area contributed by atoms with E-state index in [1.165, 1.54) is 24.3 Å². The van der Waals surface area contributed by atoms with Crippen LogP contribution in [0.1, 0.15) is 15.9 Å². The number of hydrogen-bond donors (Lipinski definition) is 1. The molecule has 0 saturated carbocycles. The number of fused-ring (bicyclic) bond motifs is 1. The van der Waals surface area contributed by atoms with Gasteiger partial charge in [-0.05, 0) is 36.4 Å². The summed E-state index contributed by atoms with van der Waals surface area (Å²) in [6, 6.07) is 8.19. The molecule has 0 aliphatic carbocycles. The van der Waals surface area contributed by atoms with Crippen LogP contribution in [0, 0.1) is 0 Å². The van der Waals surface area contributed by atoms with E-state index in [-0.39, 0.29) is 16.6 Å². The van der Waals surface area contributed by atoms with Crippen LogP contribution in [-0.2, 0) is 17.5 Å². The molecule has 1 aromatic heterocycles. The number of anilines is 1. The van der Waals surface area contributed by atoms with Crippen molar-refractivity contribution in [2.75, 3.05) is 5.32 Å². The summed E-state index contributed by atoms with van der Waals surface area (Å²) >= 11 is 3.12. The zero-order chi connectivity index (χ0) is 22.3. The van der Waals surface area contributed by atoms with Crippen LogP contribution >= 0.6 is 15.9 Å². The summed E-state index contributed by atoms with van der Waals surface area (Å²) in [5, 5.41) is 2.26. The number of Topliss-reactive ketones (excluding diaryl/α,β-unsaturated/α-hetero) is 1. The zero-order valence-electron chi connectivity index (χ0n) is 14.7. The van der Waals surface area contributed by atoms with Gasteiger partial charge < -0.3 is 9.88 Å². The van der Waals surface area contributed by atoms with Gasteiger partial charge in [0.05, 0.1) is 11.1 Å². The van der Waals surface area contributed by atoms with Gasteiger partial charge in [0.1, 0.15) is 6.54 Å². The minimum absolute atomic E-state index is 0.0152. The lowest BCUT2D eigenvalue weighted by atomic mass is 10.1. The highest BCUT2D eigenvalue weighted by molar-refractivity contribution is 9.10. The number of hydrogen-bond acceptors (Lipinski definition) is 2. The Kier molecular flexibility index (Phi) is 5.68. The quantitative estimate of drug-likeness (QED) is 0.369. The summed E-state index contributed by atoms with van der Waals surface area (Å²) in [5.41, 5.74) is -1.54. The highest BCUT2D eigenvalue weighted by atomic mass is 79.9. The fourth-order valence-corrected chi connectivity index (χ4v) is 3.22. The van der Waals surface area contributed by atoms with Crippen molar-refractivity contribution in [3.8, 4) is 0 Å². The first-order chi connectivity index (χ1) is 13.9. The van der Waals surface area contributed by atoms with Crippen molar-refractivity contribution >= 4 is 44.2 Å². The highest BCUT2D eigenvalue weighted by Gasteiger charge is 2.41. The number of aromatic nitrogens is 1. The largest absolute Gasteiger partial charge is 0.454 e. The summed E-state index contributed by atoms with van der Waals surface area (Å²) in [6.45, 7) is -0.514. The van der Waals surface area contributed by atoms with Gasteiger partial charge in [-0.25, -0.2) is 0 Å². The van der Waals surface area contributed by atoms with Gasteiger partial charge in [0, 0.05) is 27.3 Å². The van der Waals surface area contributed by atoms with E-state index >= 15 is 0 Å². The van der Waals surface area contributed by atoms with Crippen LogP contribution in [0.25, 0.3) is 10.9 Å². The number of halogens is 7. The maximum absolute atomic E-state index is 12.9. The summed E-state index contributed by atoms with van der Waals surface area (Å²) in [7, 11) is 0. The lowest BCUT2D eigenvalue weighted by Crippen LogP contribution is -2.22. The van der Waals surface area contributed by atoms with Crippen LogP contribution in [0.3, 0.4) is 0 Å². The van der Waals surface area contributed by atoms with Crippen LogP contribution in [0.2, 0.25) is 0 Å². The van der Waals surface area contributed by atoms with Crippen molar-refractivity contribution in [1.29, 1.82) is 0 Å². The third kappa shape index (κ3) is 4.66.